The number of carbonyl (C=O) groups excluding carboxylic acids is 1. The second kappa shape index (κ2) is 5.37. The summed E-state index contributed by atoms with van der Waals surface area (Å²) in [7, 11) is 0. The first-order valence-corrected chi connectivity index (χ1v) is 6.58. The van der Waals surface area contributed by atoms with Crippen LogP contribution < -0.4 is 5.63 Å². The van der Waals surface area contributed by atoms with Crippen molar-refractivity contribution in [1.82, 2.24) is 0 Å². The summed E-state index contributed by atoms with van der Waals surface area (Å²) in [6.07, 6.45) is 4.23. The number of allylic oxidation sites excluding steroid dienone is 1. The Balaban J connectivity index is 2.15. The maximum Gasteiger partial charge on any atom is 0.336 e. The van der Waals surface area contributed by atoms with Crippen LogP contribution in [0.1, 0.15) is 21.7 Å². The van der Waals surface area contributed by atoms with Crippen LogP contribution in [0.15, 0.2) is 56.3 Å². The molecule has 0 unspecified atom stereocenters. The Hall–Kier alpha value is -3.08. The first kappa shape index (κ1) is 13.9. The average Bonchev–Trinajstić information content (AvgIpc) is 2.97. The van der Waals surface area contributed by atoms with Crippen LogP contribution in [0, 0.1) is 6.92 Å². The van der Waals surface area contributed by atoms with E-state index in [9.17, 15) is 14.7 Å². The summed E-state index contributed by atoms with van der Waals surface area (Å²) in [4.78, 5) is 23.9. The second-order valence-corrected chi connectivity index (χ2v) is 4.80. The number of hydrogen-bond acceptors (Lipinski definition) is 5. The van der Waals surface area contributed by atoms with Crippen molar-refractivity contribution >= 4 is 22.8 Å². The topological polar surface area (TPSA) is 80.7 Å². The van der Waals surface area contributed by atoms with E-state index >= 15 is 0 Å². The molecule has 2 heterocycles. The Morgan fingerprint density at radius 2 is 2.09 bits per heavy atom. The summed E-state index contributed by atoms with van der Waals surface area (Å²) in [6, 6.07) is 7.74. The molecule has 3 aromatic rings. The molecule has 0 fully saturated rings. The van der Waals surface area contributed by atoms with Crippen LogP contribution in [0.2, 0.25) is 0 Å². The summed E-state index contributed by atoms with van der Waals surface area (Å²) < 4.78 is 10.2. The van der Waals surface area contributed by atoms with E-state index < -0.39 is 11.4 Å². The lowest BCUT2D eigenvalue weighted by Gasteiger charge is -2.06. The Morgan fingerprint density at radius 3 is 2.82 bits per heavy atom. The molecule has 0 spiro atoms. The van der Waals surface area contributed by atoms with E-state index in [2.05, 4.69) is 0 Å². The fourth-order valence-electron chi connectivity index (χ4n) is 2.24. The number of phenols is 1. The van der Waals surface area contributed by atoms with Gasteiger partial charge < -0.3 is 13.9 Å². The zero-order valence-corrected chi connectivity index (χ0v) is 11.7. The maximum atomic E-state index is 12.3. The molecule has 5 heteroatoms. The molecule has 1 N–H and O–H groups in total. The van der Waals surface area contributed by atoms with Crippen LogP contribution in [0.5, 0.6) is 5.75 Å². The van der Waals surface area contributed by atoms with Crippen molar-refractivity contribution in [2.45, 2.75) is 6.92 Å². The number of ketones is 1. The van der Waals surface area contributed by atoms with Gasteiger partial charge in [-0.1, -0.05) is 0 Å². The first-order valence-electron chi connectivity index (χ1n) is 6.58. The fourth-order valence-corrected chi connectivity index (χ4v) is 2.24. The normalized spacial score (nSPS) is 11.3. The van der Waals surface area contributed by atoms with Crippen molar-refractivity contribution in [2.75, 3.05) is 0 Å². The number of fused-ring (bicyclic) bond motifs is 1. The van der Waals surface area contributed by atoms with Gasteiger partial charge in [0.15, 0.2) is 11.4 Å². The lowest BCUT2D eigenvalue weighted by atomic mass is 10.0. The van der Waals surface area contributed by atoms with E-state index in [1.165, 1.54) is 30.5 Å². The summed E-state index contributed by atoms with van der Waals surface area (Å²) in [6.45, 7) is 1.74. The minimum absolute atomic E-state index is 0.0406. The molecule has 0 saturated heterocycles. The highest BCUT2D eigenvalue weighted by atomic mass is 16.4. The van der Waals surface area contributed by atoms with Gasteiger partial charge in [0.2, 0.25) is 0 Å². The molecule has 0 aliphatic rings. The number of phenolic OH excluding ortho intramolecular Hbond substituents is 1. The van der Waals surface area contributed by atoms with Gasteiger partial charge in [0.1, 0.15) is 17.1 Å². The number of benzene rings is 1. The van der Waals surface area contributed by atoms with Crippen molar-refractivity contribution in [3.05, 3.63) is 70.0 Å². The van der Waals surface area contributed by atoms with Gasteiger partial charge in [0.25, 0.3) is 0 Å². The van der Waals surface area contributed by atoms with Crippen LogP contribution in [-0.2, 0) is 0 Å². The Bertz CT molecular complexity index is 930. The van der Waals surface area contributed by atoms with E-state index in [-0.39, 0.29) is 16.9 Å². The highest BCUT2D eigenvalue weighted by Crippen LogP contribution is 2.28. The molecule has 3 rings (SSSR count). The van der Waals surface area contributed by atoms with Crippen LogP contribution in [0.3, 0.4) is 0 Å². The van der Waals surface area contributed by atoms with Gasteiger partial charge in [-0.3, -0.25) is 4.79 Å². The van der Waals surface area contributed by atoms with Crippen molar-refractivity contribution in [2.24, 2.45) is 0 Å². The summed E-state index contributed by atoms with van der Waals surface area (Å²) in [5, 5.41) is 10.6. The van der Waals surface area contributed by atoms with Gasteiger partial charge in [0, 0.05) is 11.5 Å². The SMILES string of the molecule is Cc1cc(=O)oc2c(C(=O)/C=C\c3ccco3)c(O)ccc12. The Kier molecular flexibility index (Phi) is 3.39. The minimum Gasteiger partial charge on any atom is -0.507 e. The van der Waals surface area contributed by atoms with E-state index in [1.807, 2.05) is 0 Å². The van der Waals surface area contributed by atoms with Crippen molar-refractivity contribution in [1.29, 1.82) is 0 Å². The molecule has 0 aliphatic carbocycles. The Morgan fingerprint density at radius 1 is 1.27 bits per heavy atom. The fraction of sp³-hybridized carbons (Fsp3) is 0.0588. The standard InChI is InChI=1S/C17H12O5/c1-10-9-15(20)22-17-12(10)5-7-14(19)16(17)13(18)6-4-11-3-2-8-21-11/h2-9,19H,1H3/b6-4-. The predicted molar refractivity (Wildman–Crippen MR) is 81.0 cm³/mol. The van der Waals surface area contributed by atoms with Crippen molar-refractivity contribution in [3.8, 4) is 5.75 Å². The largest absolute Gasteiger partial charge is 0.507 e. The summed E-state index contributed by atoms with van der Waals surface area (Å²) in [5.41, 5.74) is 0.148. The quantitative estimate of drug-likeness (QED) is 0.455. The molecule has 0 atom stereocenters. The molecule has 1 aromatic carbocycles. The number of aromatic hydroxyl groups is 1. The zero-order chi connectivity index (χ0) is 15.7. The van der Waals surface area contributed by atoms with E-state index in [1.54, 1.807) is 25.1 Å². The van der Waals surface area contributed by atoms with E-state index in [0.29, 0.717) is 16.7 Å². The van der Waals surface area contributed by atoms with Crippen LogP contribution in [0.25, 0.3) is 17.0 Å². The number of rotatable bonds is 3. The van der Waals surface area contributed by atoms with E-state index in [0.717, 1.165) is 0 Å². The smallest absolute Gasteiger partial charge is 0.336 e. The van der Waals surface area contributed by atoms with Crippen LogP contribution in [0.4, 0.5) is 0 Å². The maximum absolute atomic E-state index is 12.3. The highest BCUT2D eigenvalue weighted by Gasteiger charge is 2.17. The summed E-state index contributed by atoms with van der Waals surface area (Å²) >= 11 is 0. The second-order valence-electron chi connectivity index (χ2n) is 4.80. The van der Waals surface area contributed by atoms with Crippen LogP contribution >= 0.6 is 0 Å². The molecule has 0 radical (unpaired) electrons. The van der Waals surface area contributed by atoms with Gasteiger partial charge in [-0.05, 0) is 48.9 Å². The molecule has 5 nitrogen and oxygen atoms in total. The predicted octanol–water partition coefficient (Wildman–Crippen LogP) is 3.30. The average molecular weight is 296 g/mol. The minimum atomic E-state index is -0.570. The van der Waals surface area contributed by atoms with Crippen LogP contribution in [-0.4, -0.2) is 10.9 Å². The van der Waals surface area contributed by atoms with E-state index in [4.69, 9.17) is 8.83 Å². The molecule has 22 heavy (non-hydrogen) atoms. The molecule has 2 aromatic heterocycles. The van der Waals surface area contributed by atoms with Crippen molar-refractivity contribution in [3.63, 3.8) is 0 Å². The van der Waals surface area contributed by atoms with Gasteiger partial charge in [-0.2, -0.15) is 0 Å². The lowest BCUT2D eigenvalue weighted by Crippen LogP contribution is -2.03. The zero-order valence-electron chi connectivity index (χ0n) is 11.7. The highest BCUT2D eigenvalue weighted by molar-refractivity contribution is 6.15. The molecular formula is C17H12O5. The monoisotopic (exact) mass is 296 g/mol. The molecule has 0 saturated carbocycles. The third-order valence-corrected chi connectivity index (χ3v) is 3.29. The molecule has 0 amide bonds. The van der Waals surface area contributed by atoms with Crippen molar-refractivity contribution < 1.29 is 18.7 Å². The molecular weight excluding hydrogens is 284 g/mol. The Labute approximate surface area is 125 Å². The summed E-state index contributed by atoms with van der Waals surface area (Å²) in [5.74, 6) is -0.214. The lowest BCUT2D eigenvalue weighted by molar-refractivity contribution is 0.104. The van der Waals surface area contributed by atoms with Gasteiger partial charge in [0.05, 0.1) is 6.26 Å². The third kappa shape index (κ3) is 2.44. The first-order chi connectivity index (χ1) is 10.6. The number of furan rings is 1. The number of aryl methyl sites for hydroxylation is 1. The van der Waals surface area contributed by atoms with Gasteiger partial charge in [-0.25, -0.2) is 4.79 Å². The third-order valence-electron chi connectivity index (χ3n) is 3.29. The molecule has 110 valence electrons. The number of hydrogen-bond donors (Lipinski definition) is 1. The molecule has 0 aliphatic heterocycles. The molecule has 0 bridgehead atoms. The van der Waals surface area contributed by atoms with Gasteiger partial charge in [-0.15, -0.1) is 0 Å². The number of carbonyl (C=O) groups is 1. The van der Waals surface area contributed by atoms with Gasteiger partial charge >= 0.3 is 5.63 Å².